The summed E-state index contributed by atoms with van der Waals surface area (Å²) in [6, 6.07) is 8.93. The van der Waals surface area contributed by atoms with Gasteiger partial charge in [-0.3, -0.25) is 20.2 Å². The van der Waals surface area contributed by atoms with Gasteiger partial charge in [0, 0.05) is 12.3 Å². The van der Waals surface area contributed by atoms with E-state index in [4.69, 9.17) is 4.42 Å². The lowest BCUT2D eigenvalue weighted by molar-refractivity contribution is -0.111. The number of anilines is 1. The summed E-state index contributed by atoms with van der Waals surface area (Å²) in [6.45, 7) is 0. The zero-order valence-electron chi connectivity index (χ0n) is 10.9. The Labute approximate surface area is 119 Å². The highest BCUT2D eigenvalue weighted by atomic mass is 16.3. The summed E-state index contributed by atoms with van der Waals surface area (Å²) in [5, 5.41) is 9.17. The SMILES string of the molecule is O=C(C=Cc1ccco1)Nc1n[nH]c(-c2ccccn2)n1. The van der Waals surface area contributed by atoms with Crippen molar-refractivity contribution < 1.29 is 9.21 Å². The molecule has 3 aromatic rings. The smallest absolute Gasteiger partial charge is 0.250 e. The molecule has 0 bridgehead atoms. The van der Waals surface area contributed by atoms with Gasteiger partial charge in [0.2, 0.25) is 5.95 Å². The molecule has 1 amide bonds. The average molecular weight is 281 g/mol. The molecule has 3 heterocycles. The van der Waals surface area contributed by atoms with E-state index in [1.165, 1.54) is 12.3 Å². The molecule has 0 saturated heterocycles. The standard InChI is InChI=1S/C14H11N5O2/c20-12(7-6-10-4-3-9-21-10)16-14-17-13(18-19-14)11-5-1-2-8-15-11/h1-9H,(H2,16,17,18,19,20). The molecule has 0 aliphatic heterocycles. The third-order valence-electron chi connectivity index (χ3n) is 2.57. The van der Waals surface area contributed by atoms with E-state index in [1.54, 1.807) is 30.5 Å². The Balaban J connectivity index is 1.66. The molecule has 0 saturated carbocycles. The van der Waals surface area contributed by atoms with Crippen molar-refractivity contribution in [3.63, 3.8) is 0 Å². The molecule has 2 N–H and O–H groups in total. The lowest BCUT2D eigenvalue weighted by Gasteiger charge is -1.94. The Morgan fingerprint density at radius 1 is 1.29 bits per heavy atom. The number of nitrogens with one attached hydrogen (secondary N) is 2. The molecule has 0 aromatic carbocycles. The van der Waals surface area contributed by atoms with Gasteiger partial charge in [0.1, 0.15) is 11.5 Å². The minimum atomic E-state index is -0.349. The summed E-state index contributed by atoms with van der Waals surface area (Å²) < 4.78 is 5.08. The average Bonchev–Trinajstić information content (AvgIpc) is 3.17. The number of hydrogen-bond donors (Lipinski definition) is 2. The van der Waals surface area contributed by atoms with Crippen LogP contribution in [0.5, 0.6) is 0 Å². The van der Waals surface area contributed by atoms with Gasteiger partial charge in [0.05, 0.1) is 6.26 Å². The minimum Gasteiger partial charge on any atom is -0.465 e. The molecule has 0 aliphatic rings. The summed E-state index contributed by atoms with van der Waals surface area (Å²) in [7, 11) is 0. The lowest BCUT2D eigenvalue weighted by atomic mass is 10.3. The number of aromatic nitrogens is 4. The van der Waals surface area contributed by atoms with Gasteiger partial charge in [-0.05, 0) is 30.3 Å². The maximum Gasteiger partial charge on any atom is 0.250 e. The fraction of sp³-hybridized carbons (Fsp3) is 0. The zero-order valence-corrected chi connectivity index (χ0v) is 10.9. The van der Waals surface area contributed by atoms with Crippen LogP contribution in [0.3, 0.4) is 0 Å². The molecule has 0 aliphatic carbocycles. The summed E-state index contributed by atoms with van der Waals surface area (Å²) in [5.41, 5.74) is 0.650. The first-order valence-corrected chi connectivity index (χ1v) is 6.17. The van der Waals surface area contributed by atoms with Crippen molar-refractivity contribution in [3.8, 4) is 11.5 Å². The Morgan fingerprint density at radius 3 is 3.00 bits per heavy atom. The van der Waals surface area contributed by atoms with Gasteiger partial charge in [-0.15, -0.1) is 5.10 Å². The first-order valence-electron chi connectivity index (χ1n) is 6.17. The number of rotatable bonds is 4. The normalized spacial score (nSPS) is 10.9. The summed E-state index contributed by atoms with van der Waals surface area (Å²) in [5.74, 6) is 0.915. The van der Waals surface area contributed by atoms with Crippen molar-refractivity contribution in [2.24, 2.45) is 0 Å². The molecule has 0 unspecified atom stereocenters. The van der Waals surface area contributed by atoms with Gasteiger partial charge in [0.15, 0.2) is 5.82 Å². The summed E-state index contributed by atoms with van der Waals surface area (Å²) in [4.78, 5) is 20.0. The maximum atomic E-state index is 11.7. The third kappa shape index (κ3) is 3.21. The molecule has 21 heavy (non-hydrogen) atoms. The number of carbonyl (C=O) groups is 1. The van der Waals surface area contributed by atoms with Crippen LogP contribution < -0.4 is 5.32 Å². The Kier molecular flexibility index (Phi) is 3.55. The van der Waals surface area contributed by atoms with E-state index in [0.717, 1.165) is 0 Å². The molecule has 7 heteroatoms. The van der Waals surface area contributed by atoms with Crippen LogP contribution in [-0.2, 0) is 4.79 Å². The molecule has 0 spiro atoms. The zero-order chi connectivity index (χ0) is 14.5. The van der Waals surface area contributed by atoms with Crippen LogP contribution in [0.15, 0.2) is 53.3 Å². The number of furan rings is 1. The van der Waals surface area contributed by atoms with Crippen molar-refractivity contribution >= 4 is 17.9 Å². The molecular weight excluding hydrogens is 270 g/mol. The van der Waals surface area contributed by atoms with E-state index in [2.05, 4.69) is 25.5 Å². The number of hydrogen-bond acceptors (Lipinski definition) is 5. The van der Waals surface area contributed by atoms with Crippen molar-refractivity contribution in [2.45, 2.75) is 0 Å². The monoisotopic (exact) mass is 281 g/mol. The Hall–Kier alpha value is -3.22. The Morgan fingerprint density at radius 2 is 2.24 bits per heavy atom. The van der Waals surface area contributed by atoms with Crippen LogP contribution >= 0.6 is 0 Å². The van der Waals surface area contributed by atoms with Crippen LogP contribution in [0.1, 0.15) is 5.76 Å². The van der Waals surface area contributed by atoms with Crippen molar-refractivity contribution in [1.29, 1.82) is 0 Å². The van der Waals surface area contributed by atoms with Gasteiger partial charge >= 0.3 is 0 Å². The number of pyridine rings is 1. The van der Waals surface area contributed by atoms with E-state index in [9.17, 15) is 4.79 Å². The highest BCUT2D eigenvalue weighted by Crippen LogP contribution is 2.12. The second-order valence-corrected chi connectivity index (χ2v) is 4.06. The second kappa shape index (κ2) is 5.83. The topological polar surface area (TPSA) is 96.7 Å². The first-order chi connectivity index (χ1) is 10.3. The molecule has 104 valence electrons. The number of aromatic amines is 1. The molecule has 3 rings (SSSR count). The third-order valence-corrected chi connectivity index (χ3v) is 2.57. The van der Waals surface area contributed by atoms with Crippen LogP contribution in [0.25, 0.3) is 17.6 Å². The fourth-order valence-electron chi connectivity index (χ4n) is 1.63. The predicted octanol–water partition coefficient (Wildman–Crippen LogP) is 2.11. The van der Waals surface area contributed by atoms with Gasteiger partial charge in [0.25, 0.3) is 5.91 Å². The van der Waals surface area contributed by atoms with Crippen LogP contribution in [-0.4, -0.2) is 26.1 Å². The summed E-state index contributed by atoms with van der Waals surface area (Å²) in [6.07, 6.45) is 6.09. The molecule has 7 nitrogen and oxygen atoms in total. The highest BCUT2D eigenvalue weighted by Gasteiger charge is 2.07. The second-order valence-electron chi connectivity index (χ2n) is 4.06. The summed E-state index contributed by atoms with van der Waals surface area (Å²) >= 11 is 0. The number of amides is 1. The molecule has 0 atom stereocenters. The molecular formula is C14H11N5O2. The quantitative estimate of drug-likeness (QED) is 0.714. The van der Waals surface area contributed by atoms with Gasteiger partial charge in [-0.1, -0.05) is 6.07 Å². The molecule has 0 fully saturated rings. The van der Waals surface area contributed by atoms with Gasteiger partial charge in [-0.25, -0.2) is 0 Å². The number of H-pyrrole nitrogens is 1. The lowest BCUT2D eigenvalue weighted by Crippen LogP contribution is -2.09. The largest absolute Gasteiger partial charge is 0.465 e. The van der Waals surface area contributed by atoms with Crippen LogP contribution in [0.2, 0.25) is 0 Å². The first kappa shape index (κ1) is 12.8. The maximum absolute atomic E-state index is 11.7. The predicted molar refractivity (Wildman–Crippen MR) is 76.0 cm³/mol. The van der Waals surface area contributed by atoms with Crippen molar-refractivity contribution in [2.75, 3.05) is 5.32 Å². The van der Waals surface area contributed by atoms with E-state index >= 15 is 0 Å². The number of nitrogens with zero attached hydrogens (tertiary/aromatic N) is 3. The van der Waals surface area contributed by atoms with Crippen LogP contribution in [0, 0.1) is 0 Å². The van der Waals surface area contributed by atoms with E-state index < -0.39 is 0 Å². The number of carbonyl (C=O) groups excluding carboxylic acids is 1. The molecule has 0 radical (unpaired) electrons. The highest BCUT2D eigenvalue weighted by molar-refractivity contribution is 6.00. The van der Waals surface area contributed by atoms with Crippen molar-refractivity contribution in [1.82, 2.24) is 20.2 Å². The van der Waals surface area contributed by atoms with Crippen LogP contribution in [0.4, 0.5) is 5.95 Å². The Bertz CT molecular complexity index is 747. The van der Waals surface area contributed by atoms with Gasteiger partial charge in [-0.2, -0.15) is 4.98 Å². The molecule has 3 aromatic heterocycles. The van der Waals surface area contributed by atoms with E-state index in [1.807, 2.05) is 12.1 Å². The fourth-order valence-corrected chi connectivity index (χ4v) is 1.63. The van der Waals surface area contributed by atoms with E-state index in [-0.39, 0.29) is 11.9 Å². The minimum absolute atomic E-state index is 0.185. The van der Waals surface area contributed by atoms with E-state index in [0.29, 0.717) is 17.3 Å². The van der Waals surface area contributed by atoms with Crippen molar-refractivity contribution in [3.05, 3.63) is 54.6 Å². The van der Waals surface area contributed by atoms with Gasteiger partial charge < -0.3 is 4.42 Å².